The zero-order chi connectivity index (χ0) is 13.2. The molecular weight excluding hydrogens is 240 g/mol. The van der Waals surface area contributed by atoms with Gasteiger partial charge in [0.2, 0.25) is 0 Å². The molecule has 0 saturated heterocycles. The van der Waals surface area contributed by atoms with E-state index in [9.17, 15) is 4.79 Å². The minimum atomic E-state index is 0.0721. The van der Waals surface area contributed by atoms with Crippen LogP contribution in [0.3, 0.4) is 0 Å². The summed E-state index contributed by atoms with van der Waals surface area (Å²) in [5.74, 6) is 0.753. The third-order valence-electron chi connectivity index (χ3n) is 3.86. The summed E-state index contributed by atoms with van der Waals surface area (Å²) in [5.41, 5.74) is 1.51. The molecule has 0 spiro atoms. The predicted octanol–water partition coefficient (Wildman–Crippen LogP) is 3.33. The fraction of sp³-hybridized carbons (Fsp3) is 0.467. The van der Waals surface area contributed by atoms with E-state index in [0.717, 1.165) is 5.69 Å². The van der Waals surface area contributed by atoms with Gasteiger partial charge in [0.05, 0.1) is 30.0 Å². The standard InChI is InChI=1S/C15H18N2O2/c1-11-14(7-9-19-11)15(18)10-12-6-8-17(16-12)13-4-2-3-5-13/h6-9,13H,2-5,10H2,1H3. The van der Waals surface area contributed by atoms with Gasteiger partial charge in [0.15, 0.2) is 5.78 Å². The van der Waals surface area contributed by atoms with E-state index >= 15 is 0 Å². The van der Waals surface area contributed by atoms with Crippen molar-refractivity contribution >= 4 is 5.78 Å². The molecule has 0 atom stereocenters. The Morgan fingerprint density at radius 3 is 2.89 bits per heavy atom. The lowest BCUT2D eigenvalue weighted by atomic mass is 10.1. The van der Waals surface area contributed by atoms with Crippen LogP contribution in [-0.4, -0.2) is 15.6 Å². The highest BCUT2D eigenvalue weighted by atomic mass is 16.3. The van der Waals surface area contributed by atoms with Crippen LogP contribution in [0.15, 0.2) is 29.0 Å². The van der Waals surface area contributed by atoms with Gasteiger partial charge in [-0.25, -0.2) is 0 Å². The van der Waals surface area contributed by atoms with E-state index in [0.29, 0.717) is 23.8 Å². The van der Waals surface area contributed by atoms with Gasteiger partial charge in [0, 0.05) is 6.20 Å². The van der Waals surface area contributed by atoms with Gasteiger partial charge in [-0.2, -0.15) is 5.10 Å². The summed E-state index contributed by atoms with van der Waals surface area (Å²) < 4.78 is 7.19. The van der Waals surface area contributed by atoms with E-state index < -0.39 is 0 Å². The minimum Gasteiger partial charge on any atom is -0.469 e. The SMILES string of the molecule is Cc1occc1C(=O)Cc1ccn(C2CCCC2)n1. The Kier molecular flexibility index (Phi) is 3.23. The Bertz CT molecular complexity index is 576. The van der Waals surface area contributed by atoms with Crippen LogP contribution in [0, 0.1) is 6.92 Å². The second-order valence-electron chi connectivity index (χ2n) is 5.22. The predicted molar refractivity (Wildman–Crippen MR) is 71.2 cm³/mol. The Morgan fingerprint density at radius 1 is 1.42 bits per heavy atom. The van der Waals surface area contributed by atoms with Crippen molar-refractivity contribution in [3.8, 4) is 0 Å². The molecule has 0 aliphatic heterocycles. The van der Waals surface area contributed by atoms with Gasteiger partial charge in [-0.15, -0.1) is 0 Å². The van der Waals surface area contributed by atoms with E-state index in [1.165, 1.54) is 25.7 Å². The Hall–Kier alpha value is -1.84. The van der Waals surface area contributed by atoms with Gasteiger partial charge >= 0.3 is 0 Å². The Labute approximate surface area is 112 Å². The number of nitrogens with zero attached hydrogens (tertiary/aromatic N) is 2. The fourth-order valence-corrected chi connectivity index (χ4v) is 2.78. The maximum Gasteiger partial charge on any atom is 0.172 e. The molecule has 2 aromatic heterocycles. The van der Waals surface area contributed by atoms with Gasteiger partial charge in [-0.05, 0) is 31.9 Å². The molecule has 0 N–H and O–H groups in total. The van der Waals surface area contributed by atoms with Crippen molar-refractivity contribution in [2.45, 2.75) is 45.1 Å². The second-order valence-corrected chi connectivity index (χ2v) is 5.22. The molecule has 4 nitrogen and oxygen atoms in total. The van der Waals surface area contributed by atoms with E-state index in [1.54, 1.807) is 12.3 Å². The third kappa shape index (κ3) is 2.48. The number of ketones is 1. The van der Waals surface area contributed by atoms with Crippen molar-refractivity contribution < 1.29 is 9.21 Å². The number of aryl methyl sites for hydroxylation is 1. The Balaban J connectivity index is 1.70. The lowest BCUT2D eigenvalue weighted by Crippen LogP contribution is -2.08. The van der Waals surface area contributed by atoms with Gasteiger partial charge in [0.25, 0.3) is 0 Å². The average molecular weight is 258 g/mol. The highest BCUT2D eigenvalue weighted by Crippen LogP contribution is 2.28. The molecule has 2 aromatic rings. The van der Waals surface area contributed by atoms with Crippen molar-refractivity contribution in [2.24, 2.45) is 0 Å². The fourth-order valence-electron chi connectivity index (χ4n) is 2.78. The molecule has 0 bridgehead atoms. The molecule has 4 heteroatoms. The van der Waals surface area contributed by atoms with Crippen molar-refractivity contribution in [1.29, 1.82) is 0 Å². The number of carbonyl (C=O) groups is 1. The van der Waals surface area contributed by atoms with Crippen LogP contribution < -0.4 is 0 Å². The lowest BCUT2D eigenvalue weighted by molar-refractivity contribution is 0.0990. The summed E-state index contributed by atoms with van der Waals surface area (Å²) in [7, 11) is 0. The number of Topliss-reactive ketones (excluding diaryl/α,β-unsaturated/α-hetero) is 1. The quantitative estimate of drug-likeness (QED) is 0.790. The van der Waals surface area contributed by atoms with Gasteiger partial charge in [-0.3, -0.25) is 9.48 Å². The minimum absolute atomic E-state index is 0.0721. The normalized spacial score (nSPS) is 16.1. The number of aromatic nitrogens is 2. The molecule has 0 unspecified atom stereocenters. The molecule has 1 aliphatic rings. The van der Waals surface area contributed by atoms with Crippen molar-refractivity contribution in [3.05, 3.63) is 41.6 Å². The van der Waals surface area contributed by atoms with Gasteiger partial charge in [-0.1, -0.05) is 12.8 Å². The number of rotatable bonds is 4. The van der Waals surface area contributed by atoms with Crippen molar-refractivity contribution in [2.75, 3.05) is 0 Å². The van der Waals surface area contributed by atoms with Gasteiger partial charge < -0.3 is 4.42 Å². The first-order valence-electron chi connectivity index (χ1n) is 6.85. The maximum atomic E-state index is 12.1. The summed E-state index contributed by atoms with van der Waals surface area (Å²) in [6, 6.07) is 4.21. The van der Waals surface area contributed by atoms with Crippen molar-refractivity contribution in [3.63, 3.8) is 0 Å². The topological polar surface area (TPSA) is 48.0 Å². The van der Waals surface area contributed by atoms with Crippen LogP contribution in [0.4, 0.5) is 0 Å². The second kappa shape index (κ2) is 5.03. The number of carbonyl (C=O) groups excluding carboxylic acids is 1. The first kappa shape index (κ1) is 12.2. The number of hydrogen-bond donors (Lipinski definition) is 0. The average Bonchev–Trinajstić information content (AvgIpc) is 3.07. The summed E-state index contributed by atoms with van der Waals surface area (Å²) in [4.78, 5) is 12.1. The van der Waals surface area contributed by atoms with Crippen LogP contribution in [0.2, 0.25) is 0 Å². The van der Waals surface area contributed by atoms with Crippen LogP contribution in [-0.2, 0) is 6.42 Å². The molecule has 3 rings (SSSR count). The molecule has 0 radical (unpaired) electrons. The zero-order valence-corrected chi connectivity index (χ0v) is 11.1. The maximum absolute atomic E-state index is 12.1. The van der Waals surface area contributed by atoms with E-state index in [4.69, 9.17) is 4.42 Å². The molecule has 0 amide bonds. The molecule has 0 aromatic carbocycles. The summed E-state index contributed by atoms with van der Waals surface area (Å²) in [6.45, 7) is 1.81. The van der Waals surface area contributed by atoms with Gasteiger partial charge in [0.1, 0.15) is 5.76 Å². The Morgan fingerprint density at radius 2 is 2.21 bits per heavy atom. The molecule has 2 heterocycles. The van der Waals surface area contributed by atoms with Crippen LogP contribution in [0.1, 0.15) is 53.5 Å². The first-order chi connectivity index (χ1) is 9.24. The molecule has 1 aliphatic carbocycles. The van der Waals surface area contributed by atoms with E-state index in [1.807, 2.05) is 23.9 Å². The van der Waals surface area contributed by atoms with Crippen LogP contribution in [0.25, 0.3) is 0 Å². The van der Waals surface area contributed by atoms with Crippen LogP contribution in [0.5, 0.6) is 0 Å². The number of hydrogen-bond acceptors (Lipinski definition) is 3. The third-order valence-corrected chi connectivity index (χ3v) is 3.86. The largest absolute Gasteiger partial charge is 0.469 e. The smallest absolute Gasteiger partial charge is 0.172 e. The summed E-state index contributed by atoms with van der Waals surface area (Å²) in [6.07, 6.45) is 8.88. The molecule has 100 valence electrons. The zero-order valence-electron chi connectivity index (χ0n) is 11.1. The molecule has 1 saturated carbocycles. The molecule has 1 fully saturated rings. The molecule has 19 heavy (non-hydrogen) atoms. The highest BCUT2D eigenvalue weighted by Gasteiger charge is 2.19. The van der Waals surface area contributed by atoms with Crippen molar-refractivity contribution in [1.82, 2.24) is 9.78 Å². The van der Waals surface area contributed by atoms with E-state index in [-0.39, 0.29) is 5.78 Å². The number of furan rings is 1. The summed E-state index contributed by atoms with van der Waals surface area (Å²) in [5, 5.41) is 4.54. The molecular formula is C15H18N2O2. The monoisotopic (exact) mass is 258 g/mol. The summed E-state index contributed by atoms with van der Waals surface area (Å²) >= 11 is 0. The van der Waals surface area contributed by atoms with Crippen LogP contribution >= 0.6 is 0 Å². The first-order valence-corrected chi connectivity index (χ1v) is 6.85. The lowest BCUT2D eigenvalue weighted by Gasteiger charge is -2.08. The highest BCUT2D eigenvalue weighted by molar-refractivity contribution is 5.98. The van der Waals surface area contributed by atoms with E-state index in [2.05, 4.69) is 5.10 Å².